The molecule has 7 heteroatoms. The molecule has 170 valence electrons. The van der Waals surface area contributed by atoms with Crippen LogP contribution in [0.3, 0.4) is 0 Å². The second kappa shape index (κ2) is 11.4. The first kappa shape index (κ1) is 23.5. The lowest BCUT2D eigenvalue weighted by Gasteiger charge is -2.18. The van der Waals surface area contributed by atoms with Crippen LogP contribution in [0, 0.1) is 5.82 Å². The molecule has 1 N–H and O–H groups in total. The van der Waals surface area contributed by atoms with E-state index in [2.05, 4.69) is 29.0 Å². The topological polar surface area (TPSA) is 59.5 Å². The van der Waals surface area contributed by atoms with Gasteiger partial charge in [-0.05, 0) is 55.9 Å². The van der Waals surface area contributed by atoms with Gasteiger partial charge in [-0.2, -0.15) is 0 Å². The van der Waals surface area contributed by atoms with Crippen LogP contribution in [-0.4, -0.2) is 55.3 Å². The van der Waals surface area contributed by atoms with Gasteiger partial charge in [0, 0.05) is 18.0 Å². The van der Waals surface area contributed by atoms with Crippen molar-refractivity contribution < 1.29 is 13.9 Å². The van der Waals surface area contributed by atoms with Crippen molar-refractivity contribution in [3.63, 3.8) is 0 Å². The molecule has 1 heterocycles. The van der Waals surface area contributed by atoms with Gasteiger partial charge in [0.15, 0.2) is 17.3 Å². The van der Waals surface area contributed by atoms with Gasteiger partial charge in [0.05, 0.1) is 19.7 Å². The minimum Gasteiger partial charge on any atom is -0.493 e. The number of benzene rings is 2. The molecular weight excluding hydrogens is 407 g/mol. The van der Waals surface area contributed by atoms with Crippen molar-refractivity contribution in [2.24, 2.45) is 0 Å². The van der Waals surface area contributed by atoms with Crippen LogP contribution in [0.5, 0.6) is 11.5 Å². The highest BCUT2D eigenvalue weighted by molar-refractivity contribution is 5.92. The summed E-state index contributed by atoms with van der Waals surface area (Å²) < 4.78 is 24.1. The van der Waals surface area contributed by atoms with Crippen molar-refractivity contribution in [3.8, 4) is 11.5 Å². The molecule has 0 fully saturated rings. The molecule has 0 atom stereocenters. The van der Waals surface area contributed by atoms with Gasteiger partial charge < -0.3 is 19.7 Å². The summed E-state index contributed by atoms with van der Waals surface area (Å²) in [7, 11) is 3.22. The van der Waals surface area contributed by atoms with Crippen LogP contribution in [0.4, 0.5) is 10.2 Å². The minimum atomic E-state index is -0.263. The van der Waals surface area contributed by atoms with Crippen LogP contribution in [-0.2, 0) is 0 Å². The van der Waals surface area contributed by atoms with Gasteiger partial charge >= 0.3 is 0 Å². The quantitative estimate of drug-likeness (QED) is 0.420. The second-order valence-electron chi connectivity index (χ2n) is 7.35. The number of nitrogens with zero attached hydrogens (tertiary/aromatic N) is 3. The summed E-state index contributed by atoms with van der Waals surface area (Å²) in [5, 5.41) is 4.33. The van der Waals surface area contributed by atoms with E-state index in [1.165, 1.54) is 12.1 Å². The number of fused-ring (bicyclic) bond motifs is 1. The van der Waals surface area contributed by atoms with Crippen LogP contribution < -0.4 is 14.8 Å². The van der Waals surface area contributed by atoms with Gasteiger partial charge in [0.2, 0.25) is 0 Å². The van der Waals surface area contributed by atoms with Crippen molar-refractivity contribution in [2.45, 2.75) is 20.3 Å². The molecule has 3 rings (SSSR count). The number of nitrogens with one attached hydrogen (secondary N) is 1. The maximum Gasteiger partial charge on any atom is 0.162 e. The zero-order chi connectivity index (χ0) is 22.9. The van der Waals surface area contributed by atoms with Crippen molar-refractivity contribution in [1.82, 2.24) is 14.9 Å². The smallest absolute Gasteiger partial charge is 0.162 e. The van der Waals surface area contributed by atoms with Gasteiger partial charge in [-0.15, -0.1) is 0 Å². The number of hydrogen-bond donors (Lipinski definition) is 1. The third-order valence-corrected chi connectivity index (χ3v) is 5.35. The van der Waals surface area contributed by atoms with Gasteiger partial charge in [0.25, 0.3) is 0 Å². The fourth-order valence-electron chi connectivity index (χ4n) is 3.48. The van der Waals surface area contributed by atoms with E-state index >= 15 is 0 Å². The molecule has 1 aromatic heterocycles. The minimum absolute atomic E-state index is 0.263. The van der Waals surface area contributed by atoms with Crippen LogP contribution in [0.25, 0.3) is 23.1 Å². The van der Waals surface area contributed by atoms with E-state index in [0.717, 1.165) is 54.9 Å². The van der Waals surface area contributed by atoms with E-state index < -0.39 is 0 Å². The predicted molar refractivity (Wildman–Crippen MR) is 129 cm³/mol. The van der Waals surface area contributed by atoms with E-state index in [1.54, 1.807) is 26.4 Å². The number of hydrogen-bond acceptors (Lipinski definition) is 6. The Morgan fingerprint density at radius 3 is 2.31 bits per heavy atom. The molecule has 0 amide bonds. The lowest BCUT2D eigenvalue weighted by atomic mass is 10.2. The Hall–Kier alpha value is -3.19. The van der Waals surface area contributed by atoms with Gasteiger partial charge in [0.1, 0.15) is 11.6 Å². The highest BCUT2D eigenvalue weighted by atomic mass is 19.1. The van der Waals surface area contributed by atoms with E-state index in [0.29, 0.717) is 17.3 Å². The molecule has 0 bridgehead atoms. The SMILES string of the molecule is CCN(CC)CCCNc1nc(/C=C/c2ccc(F)cc2)nc2cc(OC)c(OC)cc12. The molecule has 3 aromatic rings. The number of methoxy groups -OCH3 is 2. The van der Waals surface area contributed by atoms with Crippen LogP contribution in [0.2, 0.25) is 0 Å². The molecule has 0 unspecified atom stereocenters. The standard InChI is InChI=1S/C25H31FN4O2/c1-5-30(6-2)15-7-14-27-25-20-16-22(31-3)23(32-4)17-21(20)28-24(29-25)13-10-18-8-11-19(26)12-9-18/h8-13,16-17H,5-7,14-15H2,1-4H3,(H,27,28,29)/b13-10+. The Kier molecular flexibility index (Phi) is 8.39. The average Bonchev–Trinajstić information content (AvgIpc) is 2.82. The molecule has 0 radical (unpaired) electrons. The summed E-state index contributed by atoms with van der Waals surface area (Å²) in [6, 6.07) is 10.0. The molecule has 6 nitrogen and oxygen atoms in total. The average molecular weight is 439 g/mol. The van der Waals surface area contributed by atoms with Crippen molar-refractivity contribution >= 4 is 28.9 Å². The first-order valence-electron chi connectivity index (χ1n) is 10.9. The largest absolute Gasteiger partial charge is 0.493 e. The highest BCUT2D eigenvalue weighted by Gasteiger charge is 2.12. The van der Waals surface area contributed by atoms with Gasteiger partial charge in [-0.25, -0.2) is 14.4 Å². The summed E-state index contributed by atoms with van der Waals surface area (Å²) in [5.41, 5.74) is 1.62. The van der Waals surface area contributed by atoms with E-state index in [1.807, 2.05) is 24.3 Å². The second-order valence-corrected chi connectivity index (χ2v) is 7.35. The zero-order valence-corrected chi connectivity index (χ0v) is 19.2. The summed E-state index contributed by atoms with van der Waals surface area (Å²) in [6.07, 6.45) is 4.69. The lowest BCUT2D eigenvalue weighted by Crippen LogP contribution is -2.25. The summed E-state index contributed by atoms with van der Waals surface area (Å²) in [6.45, 7) is 8.25. The summed E-state index contributed by atoms with van der Waals surface area (Å²) in [5.74, 6) is 2.28. The summed E-state index contributed by atoms with van der Waals surface area (Å²) >= 11 is 0. The van der Waals surface area contributed by atoms with Crippen LogP contribution in [0.1, 0.15) is 31.7 Å². The van der Waals surface area contributed by atoms with E-state index in [4.69, 9.17) is 14.5 Å². The van der Waals surface area contributed by atoms with Crippen molar-refractivity contribution in [1.29, 1.82) is 0 Å². The molecule has 0 aliphatic carbocycles. The zero-order valence-electron chi connectivity index (χ0n) is 19.2. The number of rotatable bonds is 11. The molecule has 2 aromatic carbocycles. The van der Waals surface area contributed by atoms with E-state index in [-0.39, 0.29) is 5.82 Å². The van der Waals surface area contributed by atoms with E-state index in [9.17, 15) is 4.39 Å². The monoisotopic (exact) mass is 438 g/mol. The maximum absolute atomic E-state index is 13.2. The highest BCUT2D eigenvalue weighted by Crippen LogP contribution is 2.34. The third-order valence-electron chi connectivity index (χ3n) is 5.35. The number of ether oxygens (including phenoxy) is 2. The molecule has 0 spiro atoms. The van der Waals surface area contributed by atoms with Gasteiger partial charge in [-0.1, -0.05) is 32.1 Å². The fourth-order valence-corrected chi connectivity index (χ4v) is 3.48. The van der Waals surface area contributed by atoms with Crippen LogP contribution in [0.15, 0.2) is 36.4 Å². The Morgan fingerprint density at radius 1 is 0.969 bits per heavy atom. The first-order chi connectivity index (χ1) is 15.6. The lowest BCUT2D eigenvalue weighted by molar-refractivity contribution is 0.303. The number of aromatic nitrogens is 2. The number of anilines is 1. The molecule has 0 aliphatic rings. The molecule has 0 saturated carbocycles. The fraction of sp³-hybridized carbons (Fsp3) is 0.360. The van der Waals surface area contributed by atoms with Crippen molar-refractivity contribution in [3.05, 3.63) is 53.6 Å². The molecule has 0 aliphatic heterocycles. The Labute approximate surface area is 189 Å². The first-order valence-corrected chi connectivity index (χ1v) is 10.9. The maximum atomic E-state index is 13.2. The van der Waals surface area contributed by atoms with Crippen LogP contribution >= 0.6 is 0 Å². The third kappa shape index (κ3) is 5.95. The molecular formula is C25H31FN4O2. The number of halogens is 1. The molecule has 0 saturated heterocycles. The van der Waals surface area contributed by atoms with Crippen molar-refractivity contribution in [2.75, 3.05) is 45.7 Å². The summed E-state index contributed by atoms with van der Waals surface area (Å²) in [4.78, 5) is 11.8. The molecule has 32 heavy (non-hydrogen) atoms. The van der Waals surface area contributed by atoms with Gasteiger partial charge in [-0.3, -0.25) is 0 Å². The Bertz CT molecular complexity index is 1050. The normalized spacial score (nSPS) is 11.4. The Balaban J connectivity index is 1.91. The predicted octanol–water partition coefficient (Wildman–Crippen LogP) is 5.10. The Morgan fingerprint density at radius 2 is 1.66 bits per heavy atom.